The van der Waals surface area contributed by atoms with Crippen LogP contribution in [0.5, 0.6) is 0 Å². The topological polar surface area (TPSA) is 38.8 Å². The maximum absolute atomic E-state index is 11.7. The molecule has 1 aliphatic rings. The molecule has 0 aliphatic carbocycles. The van der Waals surface area contributed by atoms with E-state index in [0.717, 1.165) is 25.9 Å². The van der Waals surface area contributed by atoms with Crippen LogP contribution >= 0.6 is 0 Å². The van der Waals surface area contributed by atoms with E-state index in [1.54, 1.807) is 0 Å². The van der Waals surface area contributed by atoms with Gasteiger partial charge in [0.1, 0.15) is 6.04 Å². The van der Waals surface area contributed by atoms with E-state index in [-0.39, 0.29) is 24.2 Å². The summed E-state index contributed by atoms with van der Waals surface area (Å²) in [6.07, 6.45) is 2.21. The van der Waals surface area contributed by atoms with Crippen molar-refractivity contribution in [3.05, 3.63) is 0 Å². The molecule has 16 heavy (non-hydrogen) atoms. The van der Waals surface area contributed by atoms with Crippen molar-refractivity contribution in [3.8, 4) is 0 Å². The Morgan fingerprint density at radius 1 is 1.44 bits per heavy atom. The molecule has 0 amide bonds. The number of hydrogen-bond donors (Lipinski definition) is 0. The summed E-state index contributed by atoms with van der Waals surface area (Å²) < 4.78 is 10.5. The second-order valence-electron chi connectivity index (χ2n) is 4.54. The Morgan fingerprint density at radius 2 is 2.00 bits per heavy atom. The average molecular weight is 229 g/mol. The zero-order valence-corrected chi connectivity index (χ0v) is 10.7. The number of ether oxygens (including phenoxy) is 2. The predicted octanol–water partition coefficient (Wildman–Crippen LogP) is 1.44. The maximum atomic E-state index is 11.7. The monoisotopic (exact) mass is 229 g/mol. The van der Waals surface area contributed by atoms with Gasteiger partial charge in [0.15, 0.2) is 0 Å². The number of carbonyl (C=O) groups is 1. The Hall–Kier alpha value is -0.610. The quantitative estimate of drug-likeness (QED) is 0.684. The normalized spacial score (nSPS) is 28.8. The highest BCUT2D eigenvalue weighted by Crippen LogP contribution is 2.17. The van der Waals surface area contributed by atoms with Gasteiger partial charge in [0.05, 0.1) is 19.3 Å². The standard InChI is InChI=1S/C12H23NO3/c1-5-6-11(12(14)15-4)13-7-9(2)16-10(3)8-13/h9-11H,5-8H2,1-4H3/t9-,10-,11-/m1/s1. The maximum Gasteiger partial charge on any atom is 0.323 e. The van der Waals surface area contributed by atoms with Gasteiger partial charge in [-0.05, 0) is 20.3 Å². The molecule has 1 heterocycles. The van der Waals surface area contributed by atoms with Gasteiger partial charge in [-0.15, -0.1) is 0 Å². The molecule has 1 rings (SSSR count). The Labute approximate surface area is 97.9 Å². The first kappa shape index (κ1) is 13.5. The molecule has 94 valence electrons. The largest absolute Gasteiger partial charge is 0.468 e. The van der Waals surface area contributed by atoms with Gasteiger partial charge < -0.3 is 9.47 Å². The van der Waals surface area contributed by atoms with E-state index in [4.69, 9.17) is 9.47 Å². The Bertz CT molecular complexity index is 222. The van der Waals surface area contributed by atoms with Crippen molar-refractivity contribution in [1.29, 1.82) is 0 Å². The molecule has 1 saturated heterocycles. The van der Waals surface area contributed by atoms with Crippen LogP contribution in [-0.2, 0) is 14.3 Å². The lowest BCUT2D eigenvalue weighted by Crippen LogP contribution is -2.52. The number of esters is 1. The third-order valence-corrected chi connectivity index (χ3v) is 2.92. The number of rotatable bonds is 4. The lowest BCUT2D eigenvalue weighted by Gasteiger charge is -2.38. The molecular weight excluding hydrogens is 206 g/mol. The van der Waals surface area contributed by atoms with Crippen LogP contribution in [-0.4, -0.2) is 49.3 Å². The lowest BCUT2D eigenvalue weighted by molar-refractivity contribution is -0.152. The third kappa shape index (κ3) is 3.46. The lowest BCUT2D eigenvalue weighted by atomic mass is 10.1. The minimum absolute atomic E-state index is 0.108. The van der Waals surface area contributed by atoms with Crippen LogP contribution in [0.15, 0.2) is 0 Å². The van der Waals surface area contributed by atoms with E-state index < -0.39 is 0 Å². The van der Waals surface area contributed by atoms with Crippen LogP contribution in [0.1, 0.15) is 33.6 Å². The first-order chi connectivity index (χ1) is 7.58. The molecule has 3 atom stereocenters. The Morgan fingerprint density at radius 3 is 2.44 bits per heavy atom. The van der Waals surface area contributed by atoms with Crippen LogP contribution in [0.25, 0.3) is 0 Å². The van der Waals surface area contributed by atoms with Gasteiger partial charge >= 0.3 is 5.97 Å². The number of carbonyl (C=O) groups excluding carboxylic acids is 1. The van der Waals surface area contributed by atoms with Gasteiger partial charge in [-0.2, -0.15) is 0 Å². The summed E-state index contributed by atoms with van der Waals surface area (Å²) in [7, 11) is 1.46. The van der Waals surface area contributed by atoms with E-state index in [1.165, 1.54) is 7.11 Å². The summed E-state index contributed by atoms with van der Waals surface area (Å²) in [6.45, 7) is 7.79. The highest BCUT2D eigenvalue weighted by molar-refractivity contribution is 5.75. The molecule has 0 N–H and O–H groups in total. The Balaban J connectivity index is 2.65. The fraction of sp³-hybridized carbons (Fsp3) is 0.917. The number of methoxy groups -OCH3 is 1. The second-order valence-corrected chi connectivity index (χ2v) is 4.54. The summed E-state index contributed by atoms with van der Waals surface area (Å²) in [5, 5.41) is 0. The van der Waals surface area contributed by atoms with Gasteiger partial charge in [-0.3, -0.25) is 9.69 Å². The van der Waals surface area contributed by atoms with Crippen molar-refractivity contribution in [2.45, 2.75) is 51.9 Å². The third-order valence-electron chi connectivity index (χ3n) is 2.92. The smallest absolute Gasteiger partial charge is 0.323 e. The zero-order valence-electron chi connectivity index (χ0n) is 10.7. The van der Waals surface area contributed by atoms with Crippen LogP contribution in [0.2, 0.25) is 0 Å². The molecule has 0 bridgehead atoms. The van der Waals surface area contributed by atoms with Crippen molar-refractivity contribution in [2.75, 3.05) is 20.2 Å². The highest BCUT2D eigenvalue weighted by Gasteiger charge is 2.31. The molecule has 0 unspecified atom stereocenters. The predicted molar refractivity (Wildman–Crippen MR) is 62.3 cm³/mol. The summed E-state index contributed by atoms with van der Waals surface area (Å²) in [6, 6.07) is -0.108. The first-order valence-corrected chi connectivity index (χ1v) is 6.05. The summed E-state index contributed by atoms with van der Waals surface area (Å²) in [4.78, 5) is 13.9. The first-order valence-electron chi connectivity index (χ1n) is 6.05. The van der Waals surface area contributed by atoms with Crippen molar-refractivity contribution >= 4 is 5.97 Å². The molecule has 4 heteroatoms. The molecule has 1 aliphatic heterocycles. The summed E-state index contributed by atoms with van der Waals surface area (Å²) in [5.74, 6) is -0.122. The van der Waals surface area contributed by atoms with Gasteiger partial charge in [0.25, 0.3) is 0 Å². The highest BCUT2D eigenvalue weighted by atomic mass is 16.5. The minimum atomic E-state index is -0.122. The van der Waals surface area contributed by atoms with E-state index in [9.17, 15) is 4.79 Å². The SMILES string of the molecule is CCC[C@H](C(=O)OC)N1C[C@@H](C)O[C@H](C)C1. The summed E-state index contributed by atoms with van der Waals surface area (Å²) >= 11 is 0. The molecular formula is C12H23NO3. The average Bonchev–Trinajstić information content (AvgIpc) is 2.23. The fourth-order valence-electron chi connectivity index (χ4n) is 2.33. The van der Waals surface area contributed by atoms with Crippen molar-refractivity contribution in [1.82, 2.24) is 4.90 Å². The van der Waals surface area contributed by atoms with Gasteiger partial charge in [0.2, 0.25) is 0 Å². The fourth-order valence-corrected chi connectivity index (χ4v) is 2.33. The van der Waals surface area contributed by atoms with Gasteiger partial charge in [0, 0.05) is 13.1 Å². The van der Waals surface area contributed by atoms with Crippen molar-refractivity contribution in [2.24, 2.45) is 0 Å². The van der Waals surface area contributed by atoms with Crippen LogP contribution in [0.4, 0.5) is 0 Å². The van der Waals surface area contributed by atoms with Gasteiger partial charge in [-0.1, -0.05) is 13.3 Å². The summed E-state index contributed by atoms with van der Waals surface area (Å²) in [5.41, 5.74) is 0. The molecule has 4 nitrogen and oxygen atoms in total. The van der Waals surface area contributed by atoms with Crippen LogP contribution in [0.3, 0.4) is 0 Å². The van der Waals surface area contributed by atoms with E-state index >= 15 is 0 Å². The molecule has 0 aromatic rings. The molecule has 0 aromatic carbocycles. The zero-order chi connectivity index (χ0) is 12.1. The molecule has 0 saturated carbocycles. The molecule has 0 radical (unpaired) electrons. The van der Waals surface area contributed by atoms with E-state index in [0.29, 0.717) is 0 Å². The van der Waals surface area contributed by atoms with Crippen LogP contribution < -0.4 is 0 Å². The van der Waals surface area contributed by atoms with E-state index in [1.807, 2.05) is 13.8 Å². The Kier molecular flexibility index (Phi) is 5.22. The van der Waals surface area contributed by atoms with Crippen molar-refractivity contribution in [3.63, 3.8) is 0 Å². The molecule has 0 aromatic heterocycles. The number of morpholine rings is 1. The van der Waals surface area contributed by atoms with Crippen LogP contribution in [0, 0.1) is 0 Å². The van der Waals surface area contributed by atoms with E-state index in [2.05, 4.69) is 11.8 Å². The second kappa shape index (κ2) is 6.21. The van der Waals surface area contributed by atoms with Crippen molar-refractivity contribution < 1.29 is 14.3 Å². The number of hydrogen-bond acceptors (Lipinski definition) is 4. The minimum Gasteiger partial charge on any atom is -0.468 e. The molecule has 1 fully saturated rings. The van der Waals surface area contributed by atoms with Gasteiger partial charge in [-0.25, -0.2) is 0 Å². The molecule has 0 spiro atoms. The number of nitrogens with zero attached hydrogens (tertiary/aromatic N) is 1.